The minimum Gasteiger partial charge on any atom is -0.493 e. The van der Waals surface area contributed by atoms with E-state index in [2.05, 4.69) is 5.32 Å². The van der Waals surface area contributed by atoms with Gasteiger partial charge in [-0.1, -0.05) is 71.2 Å². The molecule has 4 aromatic rings. The SMILES string of the molecule is COc1ccc(S(=O)(=O)N(CC(=O)N(Cc2ccc(Cl)c(Cl)c2)[C@@H](Cc2ccccc2)C(=O)NC(C)C)c2ccc(Cl)cc2)cc1OC. The van der Waals surface area contributed by atoms with Gasteiger partial charge in [0.25, 0.3) is 10.0 Å². The summed E-state index contributed by atoms with van der Waals surface area (Å²) >= 11 is 18.7. The van der Waals surface area contributed by atoms with E-state index >= 15 is 0 Å². The molecule has 0 aliphatic rings. The number of carbonyl (C=O) groups excluding carboxylic acids is 2. The summed E-state index contributed by atoms with van der Waals surface area (Å²) < 4.78 is 40.3. The molecule has 13 heteroatoms. The summed E-state index contributed by atoms with van der Waals surface area (Å²) in [5, 5.41) is 3.90. The van der Waals surface area contributed by atoms with E-state index in [-0.39, 0.29) is 40.4 Å². The third-order valence-corrected chi connectivity index (χ3v) is 10.1. The molecule has 254 valence electrons. The summed E-state index contributed by atoms with van der Waals surface area (Å²) in [5.74, 6) is -0.517. The highest BCUT2D eigenvalue weighted by Crippen LogP contribution is 2.33. The summed E-state index contributed by atoms with van der Waals surface area (Å²) in [4.78, 5) is 29.6. The molecule has 0 fully saturated rings. The second kappa shape index (κ2) is 16.4. The molecule has 0 aromatic heterocycles. The number of nitrogens with zero attached hydrogens (tertiary/aromatic N) is 2. The zero-order valence-electron chi connectivity index (χ0n) is 26.8. The molecule has 48 heavy (non-hydrogen) atoms. The van der Waals surface area contributed by atoms with Crippen LogP contribution < -0.4 is 19.1 Å². The molecule has 4 aromatic carbocycles. The molecule has 0 unspecified atom stereocenters. The number of rotatable bonds is 14. The number of carbonyl (C=O) groups is 2. The molecule has 0 spiro atoms. The van der Waals surface area contributed by atoms with Crippen LogP contribution in [0.25, 0.3) is 0 Å². The van der Waals surface area contributed by atoms with Gasteiger partial charge in [0.1, 0.15) is 12.6 Å². The van der Waals surface area contributed by atoms with Crippen molar-refractivity contribution in [3.05, 3.63) is 117 Å². The van der Waals surface area contributed by atoms with E-state index in [1.54, 1.807) is 18.2 Å². The van der Waals surface area contributed by atoms with E-state index in [9.17, 15) is 18.0 Å². The first kappa shape index (κ1) is 36.9. The van der Waals surface area contributed by atoms with Crippen molar-refractivity contribution >= 4 is 62.3 Å². The maximum absolute atomic E-state index is 14.6. The van der Waals surface area contributed by atoms with Gasteiger partial charge in [-0.2, -0.15) is 0 Å². The molecule has 4 rings (SSSR count). The Labute approximate surface area is 296 Å². The van der Waals surface area contributed by atoms with Crippen molar-refractivity contribution in [2.24, 2.45) is 0 Å². The minimum atomic E-state index is -4.39. The zero-order chi connectivity index (χ0) is 35.0. The third-order valence-electron chi connectivity index (χ3n) is 7.38. The average Bonchev–Trinajstić information content (AvgIpc) is 3.06. The topological polar surface area (TPSA) is 105 Å². The molecule has 0 radical (unpaired) electrons. The van der Waals surface area contributed by atoms with E-state index in [1.807, 2.05) is 44.2 Å². The standard InChI is InChI=1S/C35H36Cl3N3O6S/c1-23(2)39-35(43)31(19-24-8-6-5-7-9-24)40(21-25-10-16-29(37)30(38)18-25)34(42)22-41(27-13-11-26(36)12-14-27)48(44,45)28-15-17-32(46-3)33(20-28)47-4/h5-18,20,23,31H,19,21-22H2,1-4H3,(H,39,43)/t31-/m0/s1. The summed E-state index contributed by atoms with van der Waals surface area (Å²) in [6, 6.07) is 23.1. The maximum atomic E-state index is 14.6. The Kier molecular flexibility index (Phi) is 12.6. The van der Waals surface area contributed by atoms with Gasteiger partial charge in [-0.15, -0.1) is 0 Å². The second-order valence-electron chi connectivity index (χ2n) is 11.1. The predicted octanol–water partition coefficient (Wildman–Crippen LogP) is 7.02. The van der Waals surface area contributed by atoms with Crippen LogP contribution in [0.15, 0.2) is 95.9 Å². The lowest BCUT2D eigenvalue weighted by atomic mass is 10.0. The summed E-state index contributed by atoms with van der Waals surface area (Å²) in [6.45, 7) is 2.92. The Hall–Kier alpha value is -3.96. The third kappa shape index (κ3) is 9.14. The Morgan fingerprint density at radius 2 is 1.46 bits per heavy atom. The van der Waals surface area contributed by atoms with Gasteiger partial charge in [0, 0.05) is 30.1 Å². The lowest BCUT2D eigenvalue weighted by molar-refractivity contribution is -0.140. The number of hydrogen-bond donors (Lipinski definition) is 1. The van der Waals surface area contributed by atoms with Crippen molar-refractivity contribution in [2.45, 2.75) is 43.8 Å². The molecule has 0 aliphatic carbocycles. The number of ether oxygens (including phenoxy) is 2. The first-order valence-electron chi connectivity index (χ1n) is 14.9. The number of hydrogen-bond acceptors (Lipinski definition) is 6. The summed E-state index contributed by atoms with van der Waals surface area (Å²) in [6.07, 6.45) is 0.163. The molecule has 1 atom stereocenters. The monoisotopic (exact) mass is 731 g/mol. The predicted molar refractivity (Wildman–Crippen MR) is 190 cm³/mol. The Morgan fingerprint density at radius 3 is 2.06 bits per heavy atom. The first-order valence-corrected chi connectivity index (χ1v) is 17.5. The van der Waals surface area contributed by atoms with Crippen LogP contribution in [0.5, 0.6) is 11.5 Å². The largest absolute Gasteiger partial charge is 0.493 e. The van der Waals surface area contributed by atoms with Crippen LogP contribution in [-0.4, -0.2) is 58.0 Å². The molecule has 0 heterocycles. The molecule has 0 saturated carbocycles. The lowest BCUT2D eigenvalue weighted by Crippen LogP contribution is -2.54. The van der Waals surface area contributed by atoms with Gasteiger partial charge in [0.05, 0.1) is 34.8 Å². The highest BCUT2D eigenvalue weighted by Gasteiger charge is 2.35. The fraction of sp³-hybridized carbons (Fsp3) is 0.257. The normalized spacial score (nSPS) is 11.9. The second-order valence-corrected chi connectivity index (χ2v) is 14.3. The number of nitrogens with one attached hydrogen (secondary N) is 1. The molecule has 0 aliphatic heterocycles. The van der Waals surface area contributed by atoms with Gasteiger partial charge in [-0.3, -0.25) is 13.9 Å². The molecular weight excluding hydrogens is 697 g/mol. The quantitative estimate of drug-likeness (QED) is 0.149. The highest BCUT2D eigenvalue weighted by atomic mass is 35.5. The number of amides is 2. The Bertz CT molecular complexity index is 1840. The van der Waals surface area contributed by atoms with Crippen LogP contribution in [0.2, 0.25) is 15.1 Å². The van der Waals surface area contributed by atoms with E-state index in [4.69, 9.17) is 44.3 Å². The summed E-state index contributed by atoms with van der Waals surface area (Å²) in [7, 11) is -1.56. The van der Waals surface area contributed by atoms with Crippen molar-refractivity contribution in [1.29, 1.82) is 0 Å². The number of halogens is 3. The summed E-state index contributed by atoms with van der Waals surface area (Å²) in [5.41, 5.74) is 1.58. The van der Waals surface area contributed by atoms with Crippen molar-refractivity contribution < 1.29 is 27.5 Å². The molecule has 2 amide bonds. The van der Waals surface area contributed by atoms with Crippen molar-refractivity contribution in [3.63, 3.8) is 0 Å². The van der Waals surface area contributed by atoms with Gasteiger partial charge in [-0.05, 0) is 73.5 Å². The molecular formula is C35H36Cl3N3O6S. The van der Waals surface area contributed by atoms with Crippen LogP contribution in [0.1, 0.15) is 25.0 Å². The van der Waals surface area contributed by atoms with E-state index < -0.39 is 34.4 Å². The van der Waals surface area contributed by atoms with Gasteiger partial charge in [-0.25, -0.2) is 8.42 Å². The Balaban J connectivity index is 1.84. The van der Waals surface area contributed by atoms with Gasteiger partial charge < -0.3 is 19.7 Å². The fourth-order valence-electron chi connectivity index (χ4n) is 5.01. The van der Waals surface area contributed by atoms with E-state index in [0.717, 1.165) is 9.87 Å². The number of anilines is 1. The van der Waals surface area contributed by atoms with Crippen LogP contribution >= 0.6 is 34.8 Å². The van der Waals surface area contributed by atoms with Crippen LogP contribution in [-0.2, 0) is 32.6 Å². The molecule has 9 nitrogen and oxygen atoms in total. The smallest absolute Gasteiger partial charge is 0.264 e. The zero-order valence-corrected chi connectivity index (χ0v) is 29.9. The van der Waals surface area contributed by atoms with Crippen LogP contribution in [0.4, 0.5) is 5.69 Å². The van der Waals surface area contributed by atoms with Crippen molar-refractivity contribution in [3.8, 4) is 11.5 Å². The van der Waals surface area contributed by atoms with Crippen molar-refractivity contribution in [1.82, 2.24) is 10.2 Å². The van der Waals surface area contributed by atoms with Gasteiger partial charge in [0.2, 0.25) is 11.8 Å². The molecule has 1 N–H and O–H groups in total. The minimum absolute atomic E-state index is 0.0659. The lowest BCUT2D eigenvalue weighted by Gasteiger charge is -2.34. The van der Waals surface area contributed by atoms with E-state index in [1.165, 1.54) is 61.6 Å². The maximum Gasteiger partial charge on any atom is 0.264 e. The average molecular weight is 733 g/mol. The molecule has 0 saturated heterocycles. The van der Waals surface area contributed by atoms with Crippen LogP contribution in [0.3, 0.4) is 0 Å². The first-order chi connectivity index (χ1) is 22.8. The molecule has 0 bridgehead atoms. The van der Waals surface area contributed by atoms with Crippen LogP contribution in [0, 0.1) is 0 Å². The number of benzene rings is 4. The fourth-order valence-corrected chi connectivity index (χ4v) is 6.89. The van der Waals surface area contributed by atoms with Gasteiger partial charge >= 0.3 is 0 Å². The Morgan fingerprint density at radius 1 is 0.792 bits per heavy atom. The van der Waals surface area contributed by atoms with Crippen molar-refractivity contribution in [2.75, 3.05) is 25.1 Å². The number of methoxy groups -OCH3 is 2. The number of sulfonamides is 1. The highest BCUT2D eigenvalue weighted by molar-refractivity contribution is 7.92. The van der Waals surface area contributed by atoms with Gasteiger partial charge in [0.15, 0.2) is 11.5 Å². The van der Waals surface area contributed by atoms with E-state index in [0.29, 0.717) is 21.4 Å².